The minimum absolute atomic E-state index is 0.0344. The highest BCUT2D eigenvalue weighted by atomic mass is 19.1. The lowest BCUT2D eigenvalue weighted by Crippen LogP contribution is -2.35. The van der Waals surface area contributed by atoms with E-state index < -0.39 is 0 Å². The lowest BCUT2D eigenvalue weighted by atomic mass is 9.88. The fourth-order valence-electron chi connectivity index (χ4n) is 2.95. The van der Waals surface area contributed by atoms with Gasteiger partial charge in [0.25, 0.3) is 0 Å². The monoisotopic (exact) mass is 306 g/mol. The van der Waals surface area contributed by atoms with Crippen LogP contribution in [0.2, 0.25) is 0 Å². The summed E-state index contributed by atoms with van der Waals surface area (Å²) in [6.45, 7) is 5.30. The van der Waals surface area contributed by atoms with Crippen LogP contribution in [0.4, 0.5) is 4.39 Å². The van der Waals surface area contributed by atoms with Crippen LogP contribution in [0.5, 0.6) is 0 Å². The van der Waals surface area contributed by atoms with E-state index >= 15 is 0 Å². The van der Waals surface area contributed by atoms with Gasteiger partial charge in [-0.15, -0.1) is 0 Å². The standard InChI is InChI=1S/C17H23FN2O2/c1-3-8-19-17(22)15-11-20(16(21)4-2)10-14(15)12-6-5-7-13(18)9-12/h5-7,9,14-15H,3-4,8,10-11H2,1-2H3,(H,19,22)/t14-,15+/m0/s1. The number of halogens is 1. The van der Waals surface area contributed by atoms with Crippen LogP contribution >= 0.6 is 0 Å². The van der Waals surface area contributed by atoms with E-state index in [1.165, 1.54) is 12.1 Å². The van der Waals surface area contributed by atoms with Crippen LogP contribution in [0.25, 0.3) is 0 Å². The third-order valence-corrected chi connectivity index (χ3v) is 4.14. The zero-order chi connectivity index (χ0) is 16.1. The molecule has 1 aliphatic rings. The summed E-state index contributed by atoms with van der Waals surface area (Å²) in [7, 11) is 0. The molecule has 0 aromatic heterocycles. The number of nitrogens with one attached hydrogen (secondary N) is 1. The van der Waals surface area contributed by atoms with Crippen LogP contribution in [-0.4, -0.2) is 36.3 Å². The first-order valence-electron chi connectivity index (χ1n) is 7.87. The Labute approximate surface area is 130 Å². The SMILES string of the molecule is CCCNC(=O)[C@@H]1CN(C(=O)CC)C[C@H]1c1cccc(F)c1. The van der Waals surface area contributed by atoms with Gasteiger partial charge < -0.3 is 10.2 Å². The van der Waals surface area contributed by atoms with Crippen LogP contribution in [0.1, 0.15) is 38.2 Å². The molecule has 2 amide bonds. The first-order chi connectivity index (χ1) is 10.6. The Hall–Kier alpha value is -1.91. The van der Waals surface area contributed by atoms with E-state index in [2.05, 4.69) is 5.32 Å². The molecule has 0 bridgehead atoms. The van der Waals surface area contributed by atoms with Crippen molar-refractivity contribution in [1.82, 2.24) is 10.2 Å². The Morgan fingerprint density at radius 2 is 2.09 bits per heavy atom. The number of rotatable bonds is 5. The van der Waals surface area contributed by atoms with E-state index in [9.17, 15) is 14.0 Å². The Morgan fingerprint density at radius 3 is 2.73 bits per heavy atom. The van der Waals surface area contributed by atoms with Crippen LogP contribution in [-0.2, 0) is 9.59 Å². The van der Waals surface area contributed by atoms with Gasteiger partial charge in [0.05, 0.1) is 5.92 Å². The summed E-state index contributed by atoms with van der Waals surface area (Å²) in [4.78, 5) is 26.1. The minimum Gasteiger partial charge on any atom is -0.356 e. The number of hydrogen-bond acceptors (Lipinski definition) is 2. The van der Waals surface area contributed by atoms with Crippen molar-refractivity contribution in [2.75, 3.05) is 19.6 Å². The summed E-state index contributed by atoms with van der Waals surface area (Å²) in [5.74, 6) is -0.799. The molecule has 1 aromatic rings. The predicted molar refractivity (Wildman–Crippen MR) is 82.8 cm³/mol. The average molecular weight is 306 g/mol. The van der Waals surface area contributed by atoms with Crippen molar-refractivity contribution in [2.24, 2.45) is 5.92 Å². The normalized spacial score (nSPS) is 21.0. The van der Waals surface area contributed by atoms with Gasteiger partial charge in [-0.05, 0) is 24.1 Å². The molecule has 2 rings (SSSR count). The van der Waals surface area contributed by atoms with Crippen molar-refractivity contribution in [3.63, 3.8) is 0 Å². The smallest absolute Gasteiger partial charge is 0.225 e. The molecule has 5 heteroatoms. The van der Waals surface area contributed by atoms with Gasteiger partial charge in [-0.3, -0.25) is 9.59 Å². The zero-order valence-corrected chi connectivity index (χ0v) is 13.1. The van der Waals surface area contributed by atoms with Crippen LogP contribution in [0, 0.1) is 11.7 Å². The van der Waals surface area contributed by atoms with Gasteiger partial charge in [0.15, 0.2) is 0 Å². The summed E-state index contributed by atoms with van der Waals surface area (Å²) in [5, 5.41) is 2.90. The number of likely N-dealkylation sites (tertiary alicyclic amines) is 1. The van der Waals surface area contributed by atoms with Crippen molar-refractivity contribution in [3.05, 3.63) is 35.6 Å². The van der Waals surface area contributed by atoms with E-state index in [1.54, 1.807) is 11.0 Å². The second kappa shape index (κ2) is 7.38. The predicted octanol–water partition coefficient (Wildman–Crippen LogP) is 2.30. The van der Waals surface area contributed by atoms with Crippen LogP contribution in [0.15, 0.2) is 24.3 Å². The quantitative estimate of drug-likeness (QED) is 0.907. The molecule has 0 unspecified atom stereocenters. The fraction of sp³-hybridized carbons (Fsp3) is 0.529. The molecule has 1 aromatic carbocycles. The van der Waals surface area contributed by atoms with Gasteiger partial charge in [0.1, 0.15) is 5.82 Å². The van der Waals surface area contributed by atoms with Gasteiger partial charge >= 0.3 is 0 Å². The average Bonchev–Trinajstić information content (AvgIpc) is 2.97. The Balaban J connectivity index is 2.22. The molecule has 1 aliphatic heterocycles. The number of hydrogen-bond donors (Lipinski definition) is 1. The number of nitrogens with zero attached hydrogens (tertiary/aromatic N) is 1. The molecule has 2 atom stereocenters. The summed E-state index contributed by atoms with van der Waals surface area (Å²) < 4.78 is 13.5. The third-order valence-electron chi connectivity index (χ3n) is 4.14. The highest BCUT2D eigenvalue weighted by molar-refractivity contribution is 5.83. The summed E-state index contributed by atoms with van der Waals surface area (Å²) in [5.41, 5.74) is 0.781. The number of carbonyl (C=O) groups is 2. The molecule has 0 spiro atoms. The van der Waals surface area contributed by atoms with E-state index in [4.69, 9.17) is 0 Å². The maximum atomic E-state index is 13.5. The van der Waals surface area contributed by atoms with Crippen molar-refractivity contribution in [2.45, 2.75) is 32.6 Å². The lowest BCUT2D eigenvalue weighted by Gasteiger charge is -2.18. The van der Waals surface area contributed by atoms with Crippen molar-refractivity contribution >= 4 is 11.8 Å². The maximum absolute atomic E-state index is 13.5. The molecular weight excluding hydrogens is 283 g/mol. The molecule has 0 saturated carbocycles. The van der Waals surface area contributed by atoms with Gasteiger partial charge in [-0.25, -0.2) is 4.39 Å². The highest BCUT2D eigenvalue weighted by Gasteiger charge is 2.39. The van der Waals surface area contributed by atoms with Gasteiger partial charge in [0.2, 0.25) is 11.8 Å². The first kappa shape index (κ1) is 16.5. The lowest BCUT2D eigenvalue weighted by molar-refractivity contribution is -0.130. The summed E-state index contributed by atoms with van der Waals surface area (Å²) in [6, 6.07) is 6.33. The van der Waals surface area contributed by atoms with Gasteiger partial charge in [0, 0.05) is 32.0 Å². The molecule has 0 radical (unpaired) electrons. The van der Waals surface area contributed by atoms with Crippen LogP contribution < -0.4 is 5.32 Å². The molecule has 120 valence electrons. The number of benzene rings is 1. The molecule has 1 heterocycles. The van der Waals surface area contributed by atoms with Crippen molar-refractivity contribution in [3.8, 4) is 0 Å². The molecule has 1 fully saturated rings. The largest absolute Gasteiger partial charge is 0.356 e. The second-order valence-corrected chi connectivity index (χ2v) is 5.71. The molecule has 1 N–H and O–H groups in total. The molecule has 22 heavy (non-hydrogen) atoms. The third kappa shape index (κ3) is 3.64. The van der Waals surface area contributed by atoms with Crippen molar-refractivity contribution < 1.29 is 14.0 Å². The zero-order valence-electron chi connectivity index (χ0n) is 13.1. The minimum atomic E-state index is -0.316. The van der Waals surface area contributed by atoms with Gasteiger partial charge in [-0.1, -0.05) is 26.0 Å². The number of carbonyl (C=O) groups excluding carboxylic acids is 2. The van der Waals surface area contributed by atoms with Crippen molar-refractivity contribution in [1.29, 1.82) is 0 Å². The second-order valence-electron chi connectivity index (χ2n) is 5.71. The number of amides is 2. The maximum Gasteiger partial charge on any atom is 0.225 e. The first-order valence-corrected chi connectivity index (χ1v) is 7.87. The molecular formula is C17H23FN2O2. The summed E-state index contributed by atoms with van der Waals surface area (Å²) >= 11 is 0. The van der Waals surface area contributed by atoms with Crippen LogP contribution in [0.3, 0.4) is 0 Å². The fourth-order valence-corrected chi connectivity index (χ4v) is 2.95. The Kier molecular flexibility index (Phi) is 5.52. The molecule has 1 saturated heterocycles. The van der Waals surface area contributed by atoms with Gasteiger partial charge in [-0.2, -0.15) is 0 Å². The Morgan fingerprint density at radius 1 is 1.32 bits per heavy atom. The molecule has 0 aliphatic carbocycles. The van der Waals surface area contributed by atoms with E-state index in [-0.39, 0.29) is 29.5 Å². The summed E-state index contributed by atoms with van der Waals surface area (Å²) in [6.07, 6.45) is 1.28. The van der Waals surface area contributed by atoms with E-state index in [0.717, 1.165) is 12.0 Å². The van der Waals surface area contributed by atoms with E-state index in [0.29, 0.717) is 26.1 Å². The van der Waals surface area contributed by atoms with E-state index in [1.807, 2.05) is 19.9 Å². The highest BCUT2D eigenvalue weighted by Crippen LogP contribution is 2.33. The molecule has 4 nitrogen and oxygen atoms in total. The topological polar surface area (TPSA) is 49.4 Å². The Bertz CT molecular complexity index is 547.